The molecule has 7 nitrogen and oxygen atoms in total. The number of methoxy groups -OCH3 is 1. The van der Waals surface area contributed by atoms with Gasteiger partial charge in [-0.05, 0) is 24.6 Å². The predicted octanol–water partition coefficient (Wildman–Crippen LogP) is 2.16. The minimum Gasteiger partial charge on any atom is -0.468 e. The highest BCUT2D eigenvalue weighted by Gasteiger charge is 2.40. The van der Waals surface area contributed by atoms with Gasteiger partial charge in [0.15, 0.2) is 5.60 Å². The number of aromatic nitrogens is 2. The number of rotatable bonds is 4. The van der Waals surface area contributed by atoms with E-state index in [1.807, 2.05) is 0 Å². The highest BCUT2D eigenvalue weighted by Crippen LogP contribution is 2.37. The quantitative estimate of drug-likeness (QED) is 0.741. The van der Waals surface area contributed by atoms with E-state index in [1.54, 1.807) is 18.2 Å². The molecule has 0 atom stereocenters. The third kappa shape index (κ3) is 2.87. The van der Waals surface area contributed by atoms with Crippen molar-refractivity contribution in [2.24, 2.45) is 0 Å². The van der Waals surface area contributed by atoms with Crippen LogP contribution in [0.4, 0.5) is 0 Å². The second-order valence-corrected chi connectivity index (χ2v) is 6.51. The van der Waals surface area contributed by atoms with Crippen molar-refractivity contribution in [3.63, 3.8) is 0 Å². The van der Waals surface area contributed by atoms with Gasteiger partial charge in [0.2, 0.25) is 5.88 Å². The Hall–Kier alpha value is -2.40. The Morgan fingerprint density at radius 3 is 2.79 bits per heavy atom. The van der Waals surface area contributed by atoms with Gasteiger partial charge in [-0.1, -0.05) is 15.9 Å². The molecule has 0 amide bonds. The molecule has 1 saturated carbocycles. The highest BCUT2D eigenvalue weighted by molar-refractivity contribution is 9.10. The first-order chi connectivity index (χ1) is 11.5. The van der Waals surface area contributed by atoms with Crippen LogP contribution in [0.25, 0.3) is 10.8 Å². The van der Waals surface area contributed by atoms with Gasteiger partial charge >= 0.3 is 5.97 Å². The van der Waals surface area contributed by atoms with Crippen LogP contribution in [0, 0.1) is 11.3 Å². The Morgan fingerprint density at radius 2 is 2.21 bits per heavy atom. The molecule has 0 aliphatic heterocycles. The fourth-order valence-corrected chi connectivity index (χ4v) is 2.88. The molecule has 0 saturated heterocycles. The Balaban J connectivity index is 2.16. The van der Waals surface area contributed by atoms with Crippen LogP contribution in [0.1, 0.15) is 19.3 Å². The summed E-state index contributed by atoms with van der Waals surface area (Å²) in [4.78, 5) is 24.0. The number of carbonyl (C=O) groups excluding carboxylic acids is 1. The van der Waals surface area contributed by atoms with Crippen LogP contribution in [0.3, 0.4) is 0 Å². The monoisotopic (exact) mass is 391 g/mol. The van der Waals surface area contributed by atoms with Crippen molar-refractivity contribution in [2.45, 2.75) is 31.4 Å². The zero-order chi connectivity index (χ0) is 17.3. The van der Waals surface area contributed by atoms with Gasteiger partial charge in [0.1, 0.15) is 12.6 Å². The fourth-order valence-electron chi connectivity index (χ4n) is 2.52. The van der Waals surface area contributed by atoms with E-state index in [0.717, 1.165) is 15.6 Å². The average Bonchev–Trinajstić information content (AvgIpc) is 2.54. The van der Waals surface area contributed by atoms with Crippen molar-refractivity contribution >= 4 is 32.7 Å². The van der Waals surface area contributed by atoms with E-state index in [9.17, 15) is 14.9 Å². The summed E-state index contributed by atoms with van der Waals surface area (Å²) in [6, 6.07) is 7.24. The van der Waals surface area contributed by atoms with Crippen molar-refractivity contribution < 1.29 is 14.3 Å². The normalized spacial score (nSPS) is 15.4. The SMILES string of the molecule is COC(=O)Cn1nc(OC2(C#N)CCC2)c2cc(Br)ccc2c1=O. The number of esters is 1. The molecule has 8 heteroatoms. The maximum absolute atomic E-state index is 12.5. The van der Waals surface area contributed by atoms with Crippen LogP contribution >= 0.6 is 15.9 Å². The Labute approximate surface area is 145 Å². The van der Waals surface area contributed by atoms with Crippen LogP contribution in [-0.2, 0) is 16.1 Å². The van der Waals surface area contributed by atoms with Crippen molar-refractivity contribution in [1.82, 2.24) is 9.78 Å². The molecule has 1 aromatic heterocycles. The molecular formula is C16H14BrN3O4. The van der Waals surface area contributed by atoms with E-state index in [0.29, 0.717) is 23.6 Å². The lowest BCUT2D eigenvalue weighted by molar-refractivity contribution is -0.141. The summed E-state index contributed by atoms with van der Waals surface area (Å²) in [6.07, 6.45) is 2.12. The van der Waals surface area contributed by atoms with Gasteiger partial charge in [-0.25, -0.2) is 4.68 Å². The minimum atomic E-state index is -0.921. The topological polar surface area (TPSA) is 94.2 Å². The van der Waals surface area contributed by atoms with Crippen molar-refractivity contribution in [2.75, 3.05) is 7.11 Å². The van der Waals surface area contributed by atoms with E-state index >= 15 is 0 Å². The molecular weight excluding hydrogens is 378 g/mol. The first-order valence-electron chi connectivity index (χ1n) is 7.35. The summed E-state index contributed by atoms with van der Waals surface area (Å²) in [7, 11) is 1.24. The van der Waals surface area contributed by atoms with Gasteiger partial charge in [0, 0.05) is 17.3 Å². The molecule has 1 fully saturated rings. The molecule has 1 aliphatic rings. The zero-order valence-electron chi connectivity index (χ0n) is 12.9. The zero-order valence-corrected chi connectivity index (χ0v) is 14.5. The summed E-state index contributed by atoms with van der Waals surface area (Å²) in [5.41, 5.74) is -1.34. The van der Waals surface area contributed by atoms with E-state index in [4.69, 9.17) is 4.74 Å². The smallest absolute Gasteiger partial charge is 0.327 e. The maximum Gasteiger partial charge on any atom is 0.327 e. The number of ether oxygens (including phenoxy) is 2. The Kier molecular flexibility index (Phi) is 4.28. The lowest BCUT2D eigenvalue weighted by atomic mass is 9.81. The van der Waals surface area contributed by atoms with Gasteiger partial charge in [0.25, 0.3) is 5.56 Å². The molecule has 1 heterocycles. The Morgan fingerprint density at radius 1 is 1.46 bits per heavy atom. The molecule has 24 heavy (non-hydrogen) atoms. The summed E-state index contributed by atoms with van der Waals surface area (Å²) < 4.78 is 12.2. The third-order valence-electron chi connectivity index (χ3n) is 4.05. The van der Waals surface area contributed by atoms with Crippen LogP contribution in [0.2, 0.25) is 0 Å². The molecule has 1 aromatic carbocycles. The van der Waals surface area contributed by atoms with Crippen LogP contribution in [0.15, 0.2) is 27.5 Å². The van der Waals surface area contributed by atoms with Crippen LogP contribution in [0.5, 0.6) is 5.88 Å². The van der Waals surface area contributed by atoms with Crippen LogP contribution in [-0.4, -0.2) is 28.5 Å². The Bertz CT molecular complexity index is 912. The molecule has 3 rings (SSSR count). The standard InChI is InChI=1S/C16H14BrN3O4/c1-23-13(21)8-20-15(22)11-4-3-10(17)7-12(11)14(19-20)24-16(9-18)5-2-6-16/h3-4,7H,2,5-6,8H2,1H3. The number of halogens is 1. The second-order valence-electron chi connectivity index (χ2n) is 5.60. The van der Waals surface area contributed by atoms with Gasteiger partial charge in [0.05, 0.1) is 17.9 Å². The molecule has 2 aromatic rings. The summed E-state index contributed by atoms with van der Waals surface area (Å²) in [5.74, 6) is -0.429. The number of nitriles is 1. The summed E-state index contributed by atoms with van der Waals surface area (Å²) in [5, 5.41) is 14.4. The minimum absolute atomic E-state index is 0.163. The number of nitrogens with zero attached hydrogens (tertiary/aromatic N) is 3. The average molecular weight is 392 g/mol. The molecule has 1 aliphatic carbocycles. The largest absolute Gasteiger partial charge is 0.468 e. The summed E-state index contributed by atoms with van der Waals surface area (Å²) in [6.45, 7) is -0.322. The molecule has 0 unspecified atom stereocenters. The van der Waals surface area contributed by atoms with Gasteiger partial charge in [-0.3, -0.25) is 9.59 Å². The first-order valence-corrected chi connectivity index (χ1v) is 8.15. The second kappa shape index (κ2) is 6.24. The van der Waals surface area contributed by atoms with Crippen molar-refractivity contribution in [3.05, 3.63) is 33.0 Å². The van der Waals surface area contributed by atoms with Crippen LogP contribution < -0.4 is 10.3 Å². The molecule has 0 radical (unpaired) electrons. The maximum atomic E-state index is 12.5. The number of benzene rings is 1. The highest BCUT2D eigenvalue weighted by atomic mass is 79.9. The van der Waals surface area contributed by atoms with Crippen molar-refractivity contribution in [1.29, 1.82) is 5.26 Å². The van der Waals surface area contributed by atoms with Gasteiger partial charge in [-0.2, -0.15) is 5.26 Å². The van der Waals surface area contributed by atoms with Gasteiger partial charge in [-0.15, -0.1) is 5.10 Å². The van der Waals surface area contributed by atoms with E-state index in [1.165, 1.54) is 7.11 Å². The molecule has 0 N–H and O–H groups in total. The third-order valence-corrected chi connectivity index (χ3v) is 4.55. The number of hydrogen-bond donors (Lipinski definition) is 0. The molecule has 0 bridgehead atoms. The van der Waals surface area contributed by atoms with E-state index < -0.39 is 17.1 Å². The van der Waals surface area contributed by atoms with Gasteiger partial charge < -0.3 is 9.47 Å². The predicted molar refractivity (Wildman–Crippen MR) is 88.5 cm³/mol. The molecule has 124 valence electrons. The first kappa shape index (κ1) is 16.5. The van der Waals surface area contributed by atoms with Crippen molar-refractivity contribution in [3.8, 4) is 11.9 Å². The number of carbonyl (C=O) groups is 1. The lowest BCUT2D eigenvalue weighted by Gasteiger charge is -2.35. The lowest BCUT2D eigenvalue weighted by Crippen LogP contribution is -2.42. The number of hydrogen-bond acceptors (Lipinski definition) is 6. The fraction of sp³-hybridized carbons (Fsp3) is 0.375. The summed E-state index contributed by atoms with van der Waals surface area (Å²) >= 11 is 3.36. The molecule has 0 spiro atoms. The van der Waals surface area contributed by atoms with E-state index in [-0.39, 0.29) is 12.4 Å². The van der Waals surface area contributed by atoms with E-state index in [2.05, 4.69) is 31.8 Å². The number of fused-ring (bicyclic) bond motifs is 1.